The van der Waals surface area contributed by atoms with Gasteiger partial charge in [-0.2, -0.15) is 0 Å². The Bertz CT molecular complexity index is 964. The molecule has 144 valence electrons. The Labute approximate surface area is 171 Å². The van der Waals surface area contributed by atoms with Crippen molar-refractivity contribution in [1.82, 2.24) is 5.32 Å². The number of aliphatic carboxylic acids is 1. The monoisotopic (exact) mass is 441 g/mol. The molecule has 1 aliphatic rings. The highest BCUT2D eigenvalue weighted by Gasteiger charge is 2.24. The van der Waals surface area contributed by atoms with Gasteiger partial charge in [-0.3, -0.25) is 5.32 Å². The number of benzene rings is 2. The van der Waals surface area contributed by atoms with Crippen LogP contribution in [0.4, 0.5) is 4.79 Å². The summed E-state index contributed by atoms with van der Waals surface area (Å²) in [5, 5.41) is 12.4. The fourth-order valence-corrected chi connectivity index (χ4v) is 3.55. The Morgan fingerprint density at radius 1 is 1.18 bits per heavy atom. The number of alkyl carbamates (subject to hydrolysis) is 1. The lowest BCUT2D eigenvalue weighted by Crippen LogP contribution is -2.27. The largest absolute Gasteiger partial charge is 0.478 e. The van der Waals surface area contributed by atoms with Gasteiger partial charge in [-0.25, -0.2) is 9.59 Å². The van der Waals surface area contributed by atoms with Crippen LogP contribution in [-0.2, 0) is 22.6 Å². The van der Waals surface area contributed by atoms with Gasteiger partial charge in [0.15, 0.2) is 0 Å². The van der Waals surface area contributed by atoms with Gasteiger partial charge in [0.1, 0.15) is 6.61 Å². The van der Waals surface area contributed by atoms with Gasteiger partial charge in [0.05, 0.1) is 11.3 Å². The summed E-state index contributed by atoms with van der Waals surface area (Å²) in [5.41, 5.74) is 3.82. The number of nitrogens with one attached hydrogen (secondary N) is 1. The molecule has 0 saturated carbocycles. The Morgan fingerprint density at radius 3 is 2.61 bits per heavy atom. The summed E-state index contributed by atoms with van der Waals surface area (Å²) in [5.74, 6) is -1.07. The predicted molar refractivity (Wildman–Crippen MR) is 111 cm³/mol. The molecule has 0 aromatic heterocycles. The molecule has 0 spiro atoms. The molecular weight excluding hydrogens is 422 g/mol. The topological polar surface area (TPSA) is 75.6 Å². The standard InChI is InChI=1S/C22H20BrNO4/c1-2-15-10-17-11-18(23)9-8-16(17)12-19(20(15)21(25)26)24-22(27)28-13-14-6-4-3-5-7-14/h3-9,11-12H,2,10,13H2,1H3,(H,24,27)(H,25,26). The van der Waals surface area contributed by atoms with Crippen molar-refractivity contribution in [3.8, 4) is 0 Å². The second-order valence-corrected chi connectivity index (χ2v) is 7.32. The number of hydrogen-bond acceptors (Lipinski definition) is 3. The molecule has 0 saturated heterocycles. The van der Waals surface area contributed by atoms with Crippen molar-refractivity contribution in [2.75, 3.05) is 0 Å². The second-order valence-electron chi connectivity index (χ2n) is 6.40. The molecule has 1 amide bonds. The van der Waals surface area contributed by atoms with Gasteiger partial charge in [0, 0.05) is 4.47 Å². The summed E-state index contributed by atoms with van der Waals surface area (Å²) in [4.78, 5) is 24.3. The smallest absolute Gasteiger partial charge is 0.411 e. The Balaban J connectivity index is 1.89. The lowest BCUT2D eigenvalue weighted by Gasteiger charge is -2.13. The average Bonchev–Trinajstić information content (AvgIpc) is 2.83. The van der Waals surface area contributed by atoms with Crippen molar-refractivity contribution in [3.63, 3.8) is 0 Å². The van der Waals surface area contributed by atoms with Crippen LogP contribution in [0.2, 0.25) is 0 Å². The minimum absolute atomic E-state index is 0.107. The molecule has 0 aliphatic heterocycles. The summed E-state index contributed by atoms with van der Waals surface area (Å²) in [6, 6.07) is 15.1. The molecule has 0 bridgehead atoms. The van der Waals surface area contributed by atoms with Crippen molar-refractivity contribution < 1.29 is 19.4 Å². The van der Waals surface area contributed by atoms with Crippen LogP contribution in [0, 0.1) is 0 Å². The van der Waals surface area contributed by atoms with Crippen molar-refractivity contribution in [2.24, 2.45) is 0 Å². The van der Waals surface area contributed by atoms with Crippen LogP contribution in [0.3, 0.4) is 0 Å². The Hall–Kier alpha value is -2.86. The number of carbonyl (C=O) groups excluding carboxylic acids is 1. The van der Waals surface area contributed by atoms with Crippen LogP contribution in [0.1, 0.15) is 30.0 Å². The van der Waals surface area contributed by atoms with E-state index in [0.29, 0.717) is 12.8 Å². The molecule has 6 heteroatoms. The molecule has 0 unspecified atom stereocenters. The zero-order valence-corrected chi connectivity index (χ0v) is 17.0. The van der Waals surface area contributed by atoms with E-state index < -0.39 is 12.1 Å². The normalized spacial score (nSPS) is 13.3. The summed E-state index contributed by atoms with van der Waals surface area (Å²) in [6.07, 6.45) is 2.07. The van der Waals surface area contributed by atoms with E-state index in [2.05, 4.69) is 21.2 Å². The van der Waals surface area contributed by atoms with E-state index in [1.54, 1.807) is 6.08 Å². The summed E-state index contributed by atoms with van der Waals surface area (Å²) >= 11 is 3.46. The lowest BCUT2D eigenvalue weighted by atomic mass is 9.97. The van der Waals surface area contributed by atoms with Gasteiger partial charge in [-0.1, -0.05) is 59.3 Å². The van der Waals surface area contributed by atoms with Crippen LogP contribution in [0.25, 0.3) is 6.08 Å². The minimum atomic E-state index is -1.07. The Morgan fingerprint density at radius 2 is 1.93 bits per heavy atom. The van der Waals surface area contributed by atoms with Gasteiger partial charge in [-0.05, 0) is 53.3 Å². The first kappa shape index (κ1) is 19.9. The highest BCUT2D eigenvalue weighted by Crippen LogP contribution is 2.30. The number of fused-ring (bicyclic) bond motifs is 1. The third kappa shape index (κ3) is 4.70. The van der Waals surface area contributed by atoms with Gasteiger partial charge >= 0.3 is 12.1 Å². The van der Waals surface area contributed by atoms with Crippen molar-refractivity contribution >= 4 is 34.1 Å². The molecule has 0 fully saturated rings. The summed E-state index contributed by atoms with van der Waals surface area (Å²) < 4.78 is 6.18. The number of rotatable bonds is 5. The van der Waals surface area contributed by atoms with Crippen LogP contribution in [0.15, 0.2) is 69.8 Å². The molecule has 0 radical (unpaired) electrons. The van der Waals surface area contributed by atoms with E-state index in [0.717, 1.165) is 26.7 Å². The fourth-order valence-electron chi connectivity index (χ4n) is 3.14. The minimum Gasteiger partial charge on any atom is -0.478 e. The maximum Gasteiger partial charge on any atom is 0.411 e. The average molecular weight is 442 g/mol. The highest BCUT2D eigenvalue weighted by molar-refractivity contribution is 9.10. The number of carboxylic acids is 1. The van der Waals surface area contributed by atoms with E-state index in [4.69, 9.17) is 4.74 Å². The van der Waals surface area contributed by atoms with Crippen LogP contribution in [0.5, 0.6) is 0 Å². The molecular formula is C22H20BrNO4. The molecule has 1 aliphatic carbocycles. The zero-order valence-electron chi connectivity index (χ0n) is 15.4. The number of allylic oxidation sites excluding steroid dienone is 1. The van der Waals surface area contributed by atoms with E-state index in [-0.39, 0.29) is 17.9 Å². The van der Waals surface area contributed by atoms with Crippen LogP contribution < -0.4 is 5.32 Å². The van der Waals surface area contributed by atoms with Gasteiger partial charge < -0.3 is 9.84 Å². The highest BCUT2D eigenvalue weighted by atomic mass is 79.9. The quantitative estimate of drug-likeness (QED) is 0.679. The Kier molecular flexibility index (Phi) is 6.31. The lowest BCUT2D eigenvalue weighted by molar-refractivity contribution is -0.132. The first-order valence-corrected chi connectivity index (χ1v) is 9.70. The zero-order chi connectivity index (χ0) is 20.1. The van der Waals surface area contributed by atoms with Crippen molar-refractivity contribution in [3.05, 3.63) is 86.5 Å². The maximum absolute atomic E-state index is 12.3. The second kappa shape index (κ2) is 8.89. The van der Waals surface area contributed by atoms with Crippen molar-refractivity contribution in [1.29, 1.82) is 0 Å². The molecule has 2 aromatic rings. The summed E-state index contributed by atoms with van der Waals surface area (Å²) in [6.45, 7) is 2.02. The number of halogens is 1. The SMILES string of the molecule is CCC1=C(C(=O)O)C(NC(=O)OCc2ccccc2)=Cc2ccc(Br)cc2C1. The first-order valence-electron chi connectivity index (χ1n) is 8.91. The van der Waals surface area contributed by atoms with Crippen LogP contribution in [-0.4, -0.2) is 17.2 Å². The van der Waals surface area contributed by atoms with Crippen molar-refractivity contribution in [2.45, 2.75) is 26.4 Å². The molecule has 5 nitrogen and oxygen atoms in total. The molecule has 2 N–H and O–H groups in total. The summed E-state index contributed by atoms with van der Waals surface area (Å²) in [7, 11) is 0. The molecule has 0 atom stereocenters. The number of carbonyl (C=O) groups is 2. The molecule has 3 rings (SSSR count). The fraction of sp³-hybridized carbons (Fsp3) is 0.182. The van der Waals surface area contributed by atoms with Gasteiger partial charge in [0.25, 0.3) is 0 Å². The number of amides is 1. The molecule has 28 heavy (non-hydrogen) atoms. The molecule has 2 aromatic carbocycles. The number of ether oxygens (including phenoxy) is 1. The van der Waals surface area contributed by atoms with Gasteiger partial charge in [-0.15, -0.1) is 0 Å². The van der Waals surface area contributed by atoms with E-state index in [9.17, 15) is 14.7 Å². The van der Waals surface area contributed by atoms with E-state index in [1.807, 2.05) is 55.5 Å². The van der Waals surface area contributed by atoms with Gasteiger partial charge in [0.2, 0.25) is 0 Å². The van der Waals surface area contributed by atoms with Crippen LogP contribution >= 0.6 is 15.9 Å². The number of carboxylic acid groups (broad SMARTS) is 1. The predicted octanol–water partition coefficient (Wildman–Crippen LogP) is 5.06. The van der Waals surface area contributed by atoms with E-state index in [1.165, 1.54) is 0 Å². The van der Waals surface area contributed by atoms with E-state index >= 15 is 0 Å². The third-order valence-electron chi connectivity index (χ3n) is 4.52. The molecule has 0 heterocycles. The maximum atomic E-state index is 12.3. The number of hydrogen-bond donors (Lipinski definition) is 2. The third-order valence-corrected chi connectivity index (χ3v) is 5.01. The first-order chi connectivity index (χ1) is 13.5.